The fourth-order valence-electron chi connectivity index (χ4n) is 2.83. The Balaban J connectivity index is 0.00000264. The number of aliphatic imine (C=N–C) groups is 1. The second-order valence-corrected chi connectivity index (χ2v) is 6.68. The van der Waals surface area contributed by atoms with Gasteiger partial charge in [0.25, 0.3) is 0 Å². The lowest BCUT2D eigenvalue weighted by Crippen LogP contribution is -2.43. The number of nitrogens with zero attached hydrogens (tertiary/aromatic N) is 3. The molecule has 0 spiro atoms. The Labute approximate surface area is 158 Å². The van der Waals surface area contributed by atoms with Crippen molar-refractivity contribution < 1.29 is 0 Å². The van der Waals surface area contributed by atoms with Gasteiger partial charge in [0.05, 0.1) is 6.54 Å². The van der Waals surface area contributed by atoms with Crippen LogP contribution in [-0.2, 0) is 6.42 Å². The van der Waals surface area contributed by atoms with Crippen molar-refractivity contribution in [3.05, 3.63) is 35.9 Å². The van der Waals surface area contributed by atoms with E-state index in [0.717, 1.165) is 32.0 Å². The van der Waals surface area contributed by atoms with Gasteiger partial charge in [-0.25, -0.2) is 0 Å². The molecule has 0 aromatic heterocycles. The molecule has 1 aromatic carbocycles. The normalized spacial score (nSPS) is 17.9. The van der Waals surface area contributed by atoms with Crippen LogP contribution in [0.1, 0.15) is 25.3 Å². The number of hydrogen-bond donors (Lipinski definition) is 1. The predicted octanol–water partition coefficient (Wildman–Crippen LogP) is 2.82. The average Bonchev–Trinajstić information content (AvgIpc) is 2.52. The molecule has 1 aliphatic rings. The molecule has 2 rings (SSSR count). The van der Waals surface area contributed by atoms with E-state index < -0.39 is 0 Å². The van der Waals surface area contributed by atoms with Crippen LogP contribution in [0.2, 0.25) is 0 Å². The minimum atomic E-state index is 0. The molecule has 2 N–H and O–H groups in total. The number of benzene rings is 1. The maximum absolute atomic E-state index is 6.19. The molecule has 1 saturated heterocycles. The number of guanidine groups is 1. The molecule has 1 aromatic rings. The summed E-state index contributed by atoms with van der Waals surface area (Å²) in [6.07, 6.45) is 3.44. The predicted molar refractivity (Wildman–Crippen MR) is 109 cm³/mol. The third-order valence-corrected chi connectivity index (χ3v) is 4.62. The molecule has 1 fully saturated rings. The molecule has 130 valence electrons. The van der Waals surface area contributed by atoms with E-state index in [2.05, 4.69) is 66.1 Å². The lowest BCUT2D eigenvalue weighted by Gasteiger charge is -2.31. The zero-order chi connectivity index (χ0) is 15.9. The average molecular weight is 430 g/mol. The summed E-state index contributed by atoms with van der Waals surface area (Å²) in [5.74, 6) is 1.53. The van der Waals surface area contributed by atoms with Gasteiger partial charge in [-0.1, -0.05) is 37.3 Å². The molecule has 0 radical (unpaired) electrons. The Kier molecular flexibility index (Phi) is 8.91. The van der Waals surface area contributed by atoms with Gasteiger partial charge in [0.1, 0.15) is 0 Å². The topological polar surface area (TPSA) is 44.9 Å². The van der Waals surface area contributed by atoms with Crippen LogP contribution in [0.15, 0.2) is 35.3 Å². The maximum atomic E-state index is 6.19. The van der Waals surface area contributed by atoms with Gasteiger partial charge in [-0.05, 0) is 44.8 Å². The Hall–Kier alpha value is -0.820. The summed E-state index contributed by atoms with van der Waals surface area (Å²) in [6, 6.07) is 11.0. The first kappa shape index (κ1) is 20.2. The number of hydrogen-bond acceptors (Lipinski definition) is 2. The number of likely N-dealkylation sites (N-methyl/N-ethyl adjacent to an activating group) is 1. The number of likely N-dealkylation sites (tertiary alicyclic amines) is 1. The van der Waals surface area contributed by atoms with Crippen LogP contribution >= 0.6 is 24.0 Å². The summed E-state index contributed by atoms with van der Waals surface area (Å²) >= 11 is 0. The summed E-state index contributed by atoms with van der Waals surface area (Å²) in [7, 11) is 4.23. The summed E-state index contributed by atoms with van der Waals surface area (Å²) in [5.41, 5.74) is 7.54. The fraction of sp³-hybridized carbons (Fsp3) is 0.611. The molecule has 0 saturated carbocycles. The Bertz CT molecular complexity index is 467. The SMILES string of the molecule is CC1CCN(C(N)=NCC(Cc2ccccc2)N(C)C)CC1.I. The molecule has 0 aliphatic carbocycles. The van der Waals surface area contributed by atoms with E-state index in [1.165, 1.54) is 18.4 Å². The molecular weight excluding hydrogens is 399 g/mol. The van der Waals surface area contributed by atoms with Crippen molar-refractivity contribution in [2.24, 2.45) is 16.6 Å². The quantitative estimate of drug-likeness (QED) is 0.444. The zero-order valence-corrected chi connectivity index (χ0v) is 16.9. The van der Waals surface area contributed by atoms with E-state index in [9.17, 15) is 0 Å². The second kappa shape index (κ2) is 10.1. The Morgan fingerprint density at radius 1 is 1.26 bits per heavy atom. The largest absolute Gasteiger partial charge is 0.370 e. The van der Waals surface area contributed by atoms with Crippen LogP contribution < -0.4 is 5.73 Å². The van der Waals surface area contributed by atoms with Crippen molar-refractivity contribution >= 4 is 29.9 Å². The number of rotatable bonds is 5. The van der Waals surface area contributed by atoms with Crippen LogP contribution in [0.5, 0.6) is 0 Å². The van der Waals surface area contributed by atoms with Crippen molar-refractivity contribution in [2.45, 2.75) is 32.2 Å². The molecule has 5 heteroatoms. The molecular formula is C18H31IN4. The van der Waals surface area contributed by atoms with Gasteiger partial charge in [0, 0.05) is 19.1 Å². The highest BCUT2D eigenvalue weighted by atomic mass is 127. The van der Waals surface area contributed by atoms with E-state index in [4.69, 9.17) is 5.73 Å². The molecule has 0 amide bonds. The highest BCUT2D eigenvalue weighted by Crippen LogP contribution is 2.15. The monoisotopic (exact) mass is 430 g/mol. The van der Waals surface area contributed by atoms with E-state index >= 15 is 0 Å². The highest BCUT2D eigenvalue weighted by Gasteiger charge is 2.18. The Morgan fingerprint density at radius 3 is 2.43 bits per heavy atom. The molecule has 0 bridgehead atoms. The van der Waals surface area contributed by atoms with Gasteiger partial charge in [0.15, 0.2) is 5.96 Å². The third-order valence-electron chi connectivity index (χ3n) is 4.62. The lowest BCUT2D eigenvalue weighted by atomic mass is 10.00. The first-order valence-electron chi connectivity index (χ1n) is 8.31. The van der Waals surface area contributed by atoms with Crippen LogP contribution in [0.3, 0.4) is 0 Å². The standard InChI is InChI=1S/C18H30N4.HI/c1-15-9-11-22(12-10-15)18(19)20-14-17(21(2)3)13-16-7-5-4-6-8-16;/h4-8,15,17H,9-14H2,1-3H3,(H2,19,20);1H. The van der Waals surface area contributed by atoms with Crippen molar-refractivity contribution in [3.8, 4) is 0 Å². The van der Waals surface area contributed by atoms with Crippen molar-refractivity contribution in [2.75, 3.05) is 33.7 Å². The summed E-state index contributed by atoms with van der Waals surface area (Å²) in [6.45, 7) is 5.15. The molecule has 23 heavy (non-hydrogen) atoms. The molecule has 1 atom stereocenters. The highest BCUT2D eigenvalue weighted by molar-refractivity contribution is 14.0. The van der Waals surface area contributed by atoms with Gasteiger partial charge in [-0.3, -0.25) is 4.99 Å². The van der Waals surface area contributed by atoms with Crippen LogP contribution in [0, 0.1) is 5.92 Å². The van der Waals surface area contributed by atoms with Gasteiger partial charge in [0.2, 0.25) is 0 Å². The summed E-state index contributed by atoms with van der Waals surface area (Å²) < 4.78 is 0. The molecule has 4 nitrogen and oxygen atoms in total. The third kappa shape index (κ3) is 6.67. The first-order chi connectivity index (χ1) is 10.6. The number of piperidine rings is 1. The molecule has 1 aliphatic heterocycles. The minimum absolute atomic E-state index is 0. The van der Waals surface area contributed by atoms with Gasteiger partial charge in [-0.15, -0.1) is 24.0 Å². The van der Waals surface area contributed by atoms with Crippen molar-refractivity contribution in [1.29, 1.82) is 0 Å². The lowest BCUT2D eigenvalue weighted by molar-refractivity contribution is 0.273. The number of nitrogens with two attached hydrogens (primary N) is 1. The second-order valence-electron chi connectivity index (χ2n) is 6.68. The van der Waals surface area contributed by atoms with E-state index in [-0.39, 0.29) is 24.0 Å². The van der Waals surface area contributed by atoms with Crippen LogP contribution in [-0.4, -0.2) is 55.5 Å². The van der Waals surface area contributed by atoms with E-state index in [0.29, 0.717) is 12.0 Å². The summed E-state index contributed by atoms with van der Waals surface area (Å²) in [4.78, 5) is 9.14. The van der Waals surface area contributed by atoms with Gasteiger partial charge in [-0.2, -0.15) is 0 Å². The zero-order valence-electron chi connectivity index (χ0n) is 14.6. The molecule has 1 heterocycles. The van der Waals surface area contributed by atoms with Gasteiger partial charge < -0.3 is 15.5 Å². The fourth-order valence-corrected chi connectivity index (χ4v) is 2.83. The van der Waals surface area contributed by atoms with Crippen LogP contribution in [0.25, 0.3) is 0 Å². The van der Waals surface area contributed by atoms with Gasteiger partial charge >= 0.3 is 0 Å². The Morgan fingerprint density at radius 2 is 1.87 bits per heavy atom. The minimum Gasteiger partial charge on any atom is -0.370 e. The van der Waals surface area contributed by atoms with E-state index in [1.54, 1.807) is 0 Å². The van der Waals surface area contributed by atoms with E-state index in [1.807, 2.05) is 0 Å². The van der Waals surface area contributed by atoms with Crippen molar-refractivity contribution in [3.63, 3.8) is 0 Å². The van der Waals surface area contributed by atoms with Crippen molar-refractivity contribution in [1.82, 2.24) is 9.80 Å². The number of halogens is 1. The maximum Gasteiger partial charge on any atom is 0.191 e. The summed E-state index contributed by atoms with van der Waals surface area (Å²) in [5, 5.41) is 0. The van der Waals surface area contributed by atoms with Crippen LogP contribution in [0.4, 0.5) is 0 Å². The molecule has 1 unspecified atom stereocenters. The smallest absolute Gasteiger partial charge is 0.191 e. The first-order valence-corrected chi connectivity index (χ1v) is 8.31.